The average molecular weight is 385 g/mol. The van der Waals surface area contributed by atoms with E-state index in [0.29, 0.717) is 50.0 Å². The van der Waals surface area contributed by atoms with E-state index in [9.17, 15) is 10.2 Å². The number of aliphatic hydroxyl groups is 2. The molecule has 2 aliphatic heterocycles. The number of nitrogens with zero attached hydrogens (tertiary/aromatic N) is 1. The van der Waals surface area contributed by atoms with E-state index >= 15 is 0 Å². The van der Waals surface area contributed by atoms with E-state index in [1.807, 2.05) is 42.5 Å². The average Bonchev–Trinajstić information content (AvgIpc) is 2.73. The molecule has 28 heavy (non-hydrogen) atoms. The van der Waals surface area contributed by atoms with Crippen LogP contribution in [-0.2, 0) is 5.60 Å². The van der Waals surface area contributed by atoms with Gasteiger partial charge in [0.05, 0.1) is 13.2 Å². The van der Waals surface area contributed by atoms with Crippen LogP contribution >= 0.6 is 0 Å². The van der Waals surface area contributed by atoms with Gasteiger partial charge in [-0.15, -0.1) is 0 Å². The van der Waals surface area contributed by atoms with E-state index in [1.54, 1.807) is 7.11 Å². The number of β-amino-alcohol motifs (C(OH)–C–C–N with tert-alkyl or cyclic N) is 2. The molecule has 0 radical (unpaired) electrons. The van der Waals surface area contributed by atoms with Crippen LogP contribution in [0.2, 0.25) is 0 Å². The molecule has 1 fully saturated rings. The zero-order chi connectivity index (χ0) is 19.6. The summed E-state index contributed by atoms with van der Waals surface area (Å²) in [5.74, 6) is 2.08. The molecule has 0 amide bonds. The van der Waals surface area contributed by atoms with Crippen LogP contribution in [0.4, 0.5) is 0 Å². The van der Waals surface area contributed by atoms with Crippen molar-refractivity contribution in [3.05, 3.63) is 53.6 Å². The van der Waals surface area contributed by atoms with E-state index in [1.165, 1.54) is 0 Å². The fraction of sp³-hybridized carbons (Fsp3) is 0.455. The SMILES string of the molecule is COc1ccccc1C1(O)CCCN(CC(O)c2ccc3c(c2)OCCO3)C1. The van der Waals surface area contributed by atoms with Gasteiger partial charge < -0.3 is 24.4 Å². The van der Waals surface area contributed by atoms with Crippen molar-refractivity contribution in [2.75, 3.05) is 40.0 Å². The number of likely N-dealkylation sites (tertiary alicyclic amines) is 1. The maximum atomic E-state index is 11.3. The molecule has 2 unspecified atom stereocenters. The smallest absolute Gasteiger partial charge is 0.161 e. The Morgan fingerprint density at radius 3 is 2.75 bits per heavy atom. The van der Waals surface area contributed by atoms with Crippen LogP contribution in [0.1, 0.15) is 30.1 Å². The van der Waals surface area contributed by atoms with Crippen molar-refractivity contribution in [3.8, 4) is 17.2 Å². The number of fused-ring (bicyclic) bond motifs is 1. The molecule has 6 heteroatoms. The minimum absolute atomic E-state index is 0.442. The summed E-state index contributed by atoms with van der Waals surface area (Å²) in [7, 11) is 1.62. The zero-order valence-electron chi connectivity index (χ0n) is 16.1. The highest BCUT2D eigenvalue weighted by Crippen LogP contribution is 2.38. The van der Waals surface area contributed by atoms with Gasteiger partial charge in [0.2, 0.25) is 0 Å². The zero-order valence-corrected chi connectivity index (χ0v) is 16.1. The summed E-state index contributed by atoms with van der Waals surface area (Å²) in [6.45, 7) is 2.79. The van der Waals surface area contributed by atoms with Gasteiger partial charge in [-0.05, 0) is 43.1 Å². The number of hydrogen-bond acceptors (Lipinski definition) is 6. The summed E-state index contributed by atoms with van der Waals surface area (Å²) in [6.07, 6.45) is 0.850. The van der Waals surface area contributed by atoms with Crippen molar-refractivity contribution in [2.24, 2.45) is 0 Å². The number of aliphatic hydroxyl groups excluding tert-OH is 1. The summed E-state index contributed by atoms with van der Waals surface area (Å²) >= 11 is 0. The van der Waals surface area contributed by atoms with E-state index in [-0.39, 0.29) is 0 Å². The minimum Gasteiger partial charge on any atom is -0.496 e. The van der Waals surface area contributed by atoms with Crippen LogP contribution in [0, 0.1) is 0 Å². The summed E-state index contributed by atoms with van der Waals surface area (Å²) < 4.78 is 16.6. The Morgan fingerprint density at radius 2 is 1.93 bits per heavy atom. The van der Waals surface area contributed by atoms with E-state index in [4.69, 9.17) is 14.2 Å². The van der Waals surface area contributed by atoms with Crippen molar-refractivity contribution in [1.82, 2.24) is 4.90 Å². The van der Waals surface area contributed by atoms with Gasteiger partial charge in [0.25, 0.3) is 0 Å². The van der Waals surface area contributed by atoms with Crippen molar-refractivity contribution >= 4 is 0 Å². The molecule has 2 heterocycles. The highest BCUT2D eigenvalue weighted by molar-refractivity contribution is 5.44. The van der Waals surface area contributed by atoms with Gasteiger partial charge in [0.1, 0.15) is 24.6 Å². The Balaban J connectivity index is 1.48. The summed E-state index contributed by atoms with van der Waals surface area (Å²) in [5, 5.41) is 22.1. The monoisotopic (exact) mass is 385 g/mol. The van der Waals surface area contributed by atoms with E-state index < -0.39 is 11.7 Å². The lowest BCUT2D eigenvalue weighted by Gasteiger charge is -2.40. The van der Waals surface area contributed by atoms with Crippen molar-refractivity contribution in [1.29, 1.82) is 0 Å². The standard InChI is InChI=1S/C22H27NO5/c1-26-19-6-3-2-5-17(19)22(25)9-4-10-23(15-22)14-18(24)16-7-8-20-21(13-16)28-12-11-27-20/h2-3,5-8,13,18,24-25H,4,9-12,14-15H2,1H3. The third-order valence-corrected chi connectivity index (χ3v) is 5.54. The fourth-order valence-electron chi connectivity index (χ4n) is 4.15. The van der Waals surface area contributed by atoms with Crippen LogP contribution < -0.4 is 14.2 Å². The molecule has 1 saturated heterocycles. The van der Waals surface area contributed by atoms with Crippen molar-refractivity contribution in [2.45, 2.75) is 24.5 Å². The number of benzene rings is 2. The maximum absolute atomic E-state index is 11.3. The first-order chi connectivity index (χ1) is 13.6. The largest absolute Gasteiger partial charge is 0.496 e. The highest BCUT2D eigenvalue weighted by Gasteiger charge is 2.37. The Kier molecular flexibility index (Phi) is 5.44. The predicted octanol–water partition coefficient (Wildman–Crippen LogP) is 2.48. The highest BCUT2D eigenvalue weighted by atomic mass is 16.6. The molecule has 2 N–H and O–H groups in total. The molecule has 0 aromatic heterocycles. The normalized spacial score (nSPS) is 23.2. The first-order valence-electron chi connectivity index (χ1n) is 9.75. The Bertz CT molecular complexity index is 826. The minimum atomic E-state index is -0.989. The van der Waals surface area contributed by atoms with Crippen LogP contribution in [0.3, 0.4) is 0 Å². The molecular formula is C22H27NO5. The number of para-hydroxylation sites is 1. The first-order valence-corrected chi connectivity index (χ1v) is 9.75. The number of piperidine rings is 1. The molecule has 0 saturated carbocycles. The Morgan fingerprint density at radius 1 is 1.14 bits per heavy atom. The fourth-order valence-corrected chi connectivity index (χ4v) is 4.15. The molecule has 2 aromatic carbocycles. The van der Waals surface area contributed by atoms with Gasteiger partial charge in [-0.1, -0.05) is 24.3 Å². The number of hydrogen-bond donors (Lipinski definition) is 2. The third-order valence-electron chi connectivity index (χ3n) is 5.54. The first kappa shape index (κ1) is 19.1. The molecule has 4 rings (SSSR count). The van der Waals surface area contributed by atoms with Gasteiger partial charge in [0.15, 0.2) is 11.5 Å². The lowest BCUT2D eigenvalue weighted by Crippen LogP contribution is -2.47. The lowest BCUT2D eigenvalue weighted by atomic mass is 9.85. The molecular weight excluding hydrogens is 358 g/mol. The summed E-state index contributed by atoms with van der Waals surface area (Å²) in [4.78, 5) is 2.11. The number of ether oxygens (including phenoxy) is 3. The predicted molar refractivity (Wildman–Crippen MR) is 105 cm³/mol. The Labute approximate surface area is 165 Å². The Hall–Kier alpha value is -2.28. The molecule has 0 bridgehead atoms. The molecule has 2 aromatic rings. The molecule has 6 nitrogen and oxygen atoms in total. The number of rotatable bonds is 5. The molecule has 0 spiro atoms. The van der Waals surface area contributed by atoms with Crippen molar-refractivity contribution in [3.63, 3.8) is 0 Å². The molecule has 150 valence electrons. The molecule has 0 aliphatic carbocycles. The third kappa shape index (κ3) is 3.81. The van der Waals surface area contributed by atoms with Crippen molar-refractivity contribution < 1.29 is 24.4 Å². The van der Waals surface area contributed by atoms with Crippen LogP contribution in [0.5, 0.6) is 17.2 Å². The van der Waals surface area contributed by atoms with Gasteiger partial charge in [-0.3, -0.25) is 4.90 Å². The molecule has 2 aliphatic rings. The van der Waals surface area contributed by atoms with Crippen LogP contribution in [0.25, 0.3) is 0 Å². The van der Waals surface area contributed by atoms with Gasteiger partial charge in [-0.2, -0.15) is 0 Å². The maximum Gasteiger partial charge on any atom is 0.161 e. The lowest BCUT2D eigenvalue weighted by molar-refractivity contribution is -0.0474. The van der Waals surface area contributed by atoms with E-state index in [0.717, 1.165) is 24.1 Å². The van der Waals surface area contributed by atoms with Gasteiger partial charge in [-0.25, -0.2) is 0 Å². The summed E-state index contributed by atoms with van der Waals surface area (Å²) in [5.41, 5.74) is 0.601. The van der Waals surface area contributed by atoms with Gasteiger partial charge >= 0.3 is 0 Å². The van der Waals surface area contributed by atoms with Crippen LogP contribution in [-0.4, -0.2) is 55.1 Å². The topological polar surface area (TPSA) is 71.4 Å². The van der Waals surface area contributed by atoms with E-state index in [2.05, 4.69) is 4.90 Å². The van der Waals surface area contributed by atoms with Crippen LogP contribution in [0.15, 0.2) is 42.5 Å². The molecule has 2 atom stereocenters. The second-order valence-corrected chi connectivity index (χ2v) is 7.49. The second-order valence-electron chi connectivity index (χ2n) is 7.49. The summed E-state index contributed by atoms with van der Waals surface area (Å²) in [6, 6.07) is 13.2. The van der Waals surface area contributed by atoms with Gasteiger partial charge in [0, 0.05) is 18.7 Å². The number of methoxy groups -OCH3 is 1. The second kappa shape index (κ2) is 7.99. The quantitative estimate of drug-likeness (QED) is 0.824.